The van der Waals surface area contributed by atoms with Crippen LogP contribution in [-0.4, -0.2) is 18.5 Å². The summed E-state index contributed by atoms with van der Waals surface area (Å²) in [6, 6.07) is 0.114. The fourth-order valence-corrected chi connectivity index (χ4v) is 1.32. The van der Waals surface area contributed by atoms with E-state index in [1.807, 2.05) is 20.8 Å². The number of carbonyl (C=O) groups is 1. The van der Waals surface area contributed by atoms with E-state index < -0.39 is 0 Å². The molecule has 90 valence electrons. The van der Waals surface area contributed by atoms with Crippen molar-refractivity contribution in [2.75, 3.05) is 6.54 Å². The van der Waals surface area contributed by atoms with Gasteiger partial charge in [0.25, 0.3) is 0 Å². The number of hydrogen-bond donors (Lipinski definition) is 2. The minimum Gasteiger partial charge on any atom is -0.352 e. The Kier molecular flexibility index (Phi) is 5.88. The molecule has 15 heavy (non-hydrogen) atoms. The van der Waals surface area contributed by atoms with Gasteiger partial charge in [0.1, 0.15) is 0 Å². The number of hydrogen-bond acceptors (Lipinski definition) is 2. The Morgan fingerprint density at radius 2 is 1.93 bits per heavy atom. The Morgan fingerprint density at radius 1 is 1.40 bits per heavy atom. The molecule has 0 fully saturated rings. The van der Waals surface area contributed by atoms with Crippen LogP contribution in [0.25, 0.3) is 0 Å². The average Bonchev–Trinajstić information content (AvgIpc) is 2.15. The van der Waals surface area contributed by atoms with Gasteiger partial charge in [-0.1, -0.05) is 34.6 Å². The smallest absolute Gasteiger partial charge is 0.225 e. The molecule has 0 bridgehead atoms. The van der Waals surface area contributed by atoms with Crippen molar-refractivity contribution in [3.63, 3.8) is 0 Å². The molecule has 1 atom stereocenters. The topological polar surface area (TPSA) is 55.1 Å². The molecule has 3 N–H and O–H groups in total. The first-order chi connectivity index (χ1) is 6.83. The van der Waals surface area contributed by atoms with Gasteiger partial charge in [0, 0.05) is 18.0 Å². The lowest BCUT2D eigenvalue weighted by atomic mass is 9.88. The highest BCUT2D eigenvalue weighted by atomic mass is 16.2. The molecule has 0 heterocycles. The van der Waals surface area contributed by atoms with Crippen molar-refractivity contribution >= 4 is 5.91 Å². The molecule has 1 unspecified atom stereocenters. The van der Waals surface area contributed by atoms with Gasteiger partial charge < -0.3 is 11.1 Å². The van der Waals surface area contributed by atoms with Crippen LogP contribution in [0, 0.1) is 11.3 Å². The van der Waals surface area contributed by atoms with E-state index >= 15 is 0 Å². The van der Waals surface area contributed by atoms with E-state index in [2.05, 4.69) is 19.2 Å². The normalized spacial score (nSPS) is 14.1. The molecular formula is C12H26N2O. The van der Waals surface area contributed by atoms with E-state index in [0.717, 1.165) is 12.8 Å². The maximum absolute atomic E-state index is 11.9. The lowest BCUT2D eigenvalue weighted by molar-refractivity contribution is -0.130. The third-order valence-corrected chi connectivity index (χ3v) is 2.87. The third-order valence-electron chi connectivity index (χ3n) is 2.87. The molecule has 0 aromatic heterocycles. The summed E-state index contributed by atoms with van der Waals surface area (Å²) in [5, 5.41) is 3.03. The van der Waals surface area contributed by atoms with Crippen LogP contribution in [0.3, 0.4) is 0 Å². The maximum atomic E-state index is 11.9. The second-order valence-corrected chi connectivity index (χ2v) is 5.27. The first-order valence-electron chi connectivity index (χ1n) is 5.84. The van der Waals surface area contributed by atoms with E-state index in [0.29, 0.717) is 12.5 Å². The van der Waals surface area contributed by atoms with Crippen molar-refractivity contribution in [1.29, 1.82) is 0 Å². The van der Waals surface area contributed by atoms with Gasteiger partial charge in [0.15, 0.2) is 0 Å². The molecule has 0 saturated carbocycles. The molecule has 1 amide bonds. The number of nitrogens with two attached hydrogens (primary N) is 1. The Morgan fingerprint density at radius 3 is 2.27 bits per heavy atom. The molecule has 3 nitrogen and oxygen atoms in total. The highest BCUT2D eigenvalue weighted by Gasteiger charge is 2.26. The number of carbonyl (C=O) groups excluding carboxylic acids is 1. The molecule has 0 aliphatic heterocycles. The van der Waals surface area contributed by atoms with Gasteiger partial charge in [-0.05, 0) is 18.8 Å². The lowest BCUT2D eigenvalue weighted by Gasteiger charge is -2.26. The van der Waals surface area contributed by atoms with Crippen LogP contribution in [0.4, 0.5) is 0 Å². The van der Waals surface area contributed by atoms with Gasteiger partial charge in [-0.25, -0.2) is 0 Å². The lowest BCUT2D eigenvalue weighted by Crippen LogP contribution is -2.46. The first-order valence-corrected chi connectivity index (χ1v) is 5.84. The quantitative estimate of drug-likeness (QED) is 0.709. The second-order valence-electron chi connectivity index (χ2n) is 5.27. The van der Waals surface area contributed by atoms with Crippen LogP contribution >= 0.6 is 0 Å². The van der Waals surface area contributed by atoms with Crippen LogP contribution in [0.2, 0.25) is 0 Å². The molecule has 0 aliphatic carbocycles. The molecule has 0 rings (SSSR count). The zero-order chi connectivity index (χ0) is 12.1. The molecule has 0 spiro atoms. The Hall–Kier alpha value is -0.570. The van der Waals surface area contributed by atoms with Crippen molar-refractivity contribution in [2.24, 2.45) is 17.1 Å². The van der Waals surface area contributed by atoms with Gasteiger partial charge in [0.05, 0.1) is 0 Å². The molecule has 3 heteroatoms. The van der Waals surface area contributed by atoms with Crippen molar-refractivity contribution < 1.29 is 4.79 Å². The SMILES string of the molecule is CCC(C)(C)C(=O)NC(CN)CC(C)C. The molecular weight excluding hydrogens is 188 g/mol. The van der Waals surface area contributed by atoms with Crippen LogP contribution in [0.15, 0.2) is 0 Å². The predicted molar refractivity (Wildman–Crippen MR) is 64.5 cm³/mol. The zero-order valence-corrected chi connectivity index (χ0v) is 10.8. The molecule has 0 saturated heterocycles. The number of rotatable bonds is 6. The Bertz CT molecular complexity index is 200. The summed E-state index contributed by atoms with van der Waals surface area (Å²) in [4.78, 5) is 11.9. The van der Waals surface area contributed by atoms with Gasteiger partial charge in [0.2, 0.25) is 5.91 Å². The van der Waals surface area contributed by atoms with E-state index in [1.165, 1.54) is 0 Å². The van der Waals surface area contributed by atoms with E-state index in [9.17, 15) is 4.79 Å². The van der Waals surface area contributed by atoms with Crippen LogP contribution in [0.5, 0.6) is 0 Å². The summed E-state index contributed by atoms with van der Waals surface area (Å²) in [6.07, 6.45) is 1.79. The summed E-state index contributed by atoms with van der Waals surface area (Å²) in [5.74, 6) is 0.671. The maximum Gasteiger partial charge on any atom is 0.225 e. The van der Waals surface area contributed by atoms with Gasteiger partial charge in [-0.15, -0.1) is 0 Å². The average molecular weight is 214 g/mol. The van der Waals surface area contributed by atoms with Crippen LogP contribution in [-0.2, 0) is 4.79 Å². The summed E-state index contributed by atoms with van der Waals surface area (Å²) < 4.78 is 0. The minimum absolute atomic E-state index is 0.112. The summed E-state index contributed by atoms with van der Waals surface area (Å²) in [5.41, 5.74) is 5.35. The fraction of sp³-hybridized carbons (Fsp3) is 0.917. The fourth-order valence-electron chi connectivity index (χ4n) is 1.32. The second kappa shape index (κ2) is 6.11. The van der Waals surface area contributed by atoms with Gasteiger partial charge in [-0.3, -0.25) is 4.79 Å². The highest BCUT2D eigenvalue weighted by molar-refractivity contribution is 5.82. The number of amides is 1. The van der Waals surface area contributed by atoms with Crippen molar-refractivity contribution in [3.8, 4) is 0 Å². The van der Waals surface area contributed by atoms with Gasteiger partial charge in [-0.2, -0.15) is 0 Å². The minimum atomic E-state index is -0.287. The van der Waals surface area contributed by atoms with Crippen molar-refractivity contribution in [2.45, 2.75) is 53.5 Å². The van der Waals surface area contributed by atoms with Crippen LogP contribution in [0.1, 0.15) is 47.5 Å². The highest BCUT2D eigenvalue weighted by Crippen LogP contribution is 2.20. The van der Waals surface area contributed by atoms with Crippen molar-refractivity contribution in [1.82, 2.24) is 5.32 Å². The standard InChI is InChI=1S/C12H26N2O/c1-6-12(4,5)11(15)14-10(8-13)7-9(2)3/h9-10H,6-8,13H2,1-5H3,(H,14,15). The number of nitrogens with one attached hydrogen (secondary N) is 1. The summed E-state index contributed by atoms with van der Waals surface area (Å²) in [7, 11) is 0. The first kappa shape index (κ1) is 14.4. The summed E-state index contributed by atoms with van der Waals surface area (Å²) in [6.45, 7) is 10.7. The Balaban J connectivity index is 4.24. The summed E-state index contributed by atoms with van der Waals surface area (Å²) >= 11 is 0. The Labute approximate surface area is 93.8 Å². The predicted octanol–water partition coefficient (Wildman–Crippen LogP) is 1.91. The monoisotopic (exact) mass is 214 g/mol. The van der Waals surface area contributed by atoms with E-state index in [1.54, 1.807) is 0 Å². The zero-order valence-electron chi connectivity index (χ0n) is 10.8. The van der Waals surface area contributed by atoms with E-state index in [4.69, 9.17) is 5.73 Å². The van der Waals surface area contributed by atoms with Gasteiger partial charge >= 0.3 is 0 Å². The molecule has 0 aliphatic rings. The van der Waals surface area contributed by atoms with Crippen molar-refractivity contribution in [3.05, 3.63) is 0 Å². The molecule has 0 radical (unpaired) electrons. The molecule has 0 aromatic rings. The van der Waals surface area contributed by atoms with E-state index in [-0.39, 0.29) is 17.4 Å². The molecule has 0 aromatic carbocycles. The largest absolute Gasteiger partial charge is 0.352 e. The van der Waals surface area contributed by atoms with Crippen LogP contribution < -0.4 is 11.1 Å². The third kappa shape index (κ3) is 5.17.